The molecule has 3 fully saturated rings. The number of benzene rings is 1. The van der Waals surface area contributed by atoms with E-state index in [0.29, 0.717) is 30.6 Å². The molecule has 3 saturated carbocycles. The largest absolute Gasteiger partial charge is 0.399 e. The molecule has 0 saturated heterocycles. The number of nitrogens with two attached hydrogens (primary N) is 1. The topological polar surface area (TPSA) is 80.4 Å². The summed E-state index contributed by atoms with van der Waals surface area (Å²) in [7, 11) is 0. The maximum atomic E-state index is 12.7. The van der Waals surface area contributed by atoms with Gasteiger partial charge in [0.25, 0.3) is 0 Å². The lowest BCUT2D eigenvalue weighted by atomic mass is 9.45. The van der Waals surface area contributed by atoms with Crippen molar-refractivity contribution in [1.82, 2.24) is 0 Å². The number of hydrogen-bond donors (Lipinski definition) is 2. The van der Waals surface area contributed by atoms with E-state index in [4.69, 9.17) is 5.73 Å². The minimum atomic E-state index is -1.19. The van der Waals surface area contributed by atoms with Crippen molar-refractivity contribution >= 4 is 29.0 Å². The highest BCUT2D eigenvalue weighted by atomic mass is 32.2. The molecule has 0 unspecified atom stereocenters. The van der Waals surface area contributed by atoms with Crippen LogP contribution in [0.3, 0.4) is 0 Å². The van der Waals surface area contributed by atoms with Crippen molar-refractivity contribution in [2.24, 2.45) is 28.6 Å². The van der Waals surface area contributed by atoms with Gasteiger partial charge in [0.15, 0.2) is 11.6 Å². The summed E-state index contributed by atoms with van der Waals surface area (Å²) in [6, 6.07) is 7.87. The predicted molar refractivity (Wildman–Crippen MR) is 133 cm³/mol. The fourth-order valence-corrected chi connectivity index (χ4v) is 8.85. The second-order valence-electron chi connectivity index (χ2n) is 11.2. The van der Waals surface area contributed by atoms with Gasteiger partial charge in [-0.2, -0.15) is 0 Å². The van der Waals surface area contributed by atoms with Gasteiger partial charge in [0.2, 0.25) is 0 Å². The number of aliphatic hydroxyl groups is 1. The molecule has 0 aliphatic heterocycles. The Hall–Kier alpha value is -1.85. The second-order valence-corrected chi connectivity index (χ2v) is 12.1. The Labute approximate surface area is 201 Å². The number of rotatable bonds is 3. The van der Waals surface area contributed by atoms with E-state index >= 15 is 0 Å². The molecular formula is C28H35NO3S. The molecule has 0 amide bonds. The fourth-order valence-electron chi connectivity index (χ4n) is 7.95. The minimum Gasteiger partial charge on any atom is -0.399 e. The van der Waals surface area contributed by atoms with E-state index < -0.39 is 5.60 Å². The van der Waals surface area contributed by atoms with Crippen LogP contribution in [0.25, 0.3) is 0 Å². The number of carbonyl (C=O) groups excluding carboxylic acids is 2. The molecule has 0 radical (unpaired) electrons. The molecule has 33 heavy (non-hydrogen) atoms. The van der Waals surface area contributed by atoms with E-state index in [1.807, 2.05) is 30.3 Å². The highest BCUT2D eigenvalue weighted by molar-refractivity contribution is 8.02. The predicted octanol–water partition coefficient (Wildman–Crippen LogP) is 5.71. The Morgan fingerprint density at radius 2 is 1.82 bits per heavy atom. The first-order valence-electron chi connectivity index (χ1n) is 12.3. The van der Waals surface area contributed by atoms with Crippen LogP contribution in [-0.2, 0) is 9.59 Å². The first-order valence-corrected chi connectivity index (χ1v) is 13.2. The molecule has 5 rings (SSSR count). The zero-order chi connectivity index (χ0) is 23.6. The van der Waals surface area contributed by atoms with Gasteiger partial charge in [0, 0.05) is 27.8 Å². The molecule has 0 bridgehead atoms. The summed E-state index contributed by atoms with van der Waals surface area (Å²) in [5, 5.41) is 13.6. The van der Waals surface area contributed by atoms with Crippen LogP contribution in [0.4, 0.5) is 5.69 Å². The van der Waals surface area contributed by atoms with Crippen molar-refractivity contribution < 1.29 is 14.7 Å². The standard InChI is InChI=1S/C28H35NO3S/c1-17(30)28(32)13-11-24-23-9-4-18-14-21(31)15-19(16-33-22-7-5-20(29)6-8-22)27(18,3)25(23)10-12-26(24,28)2/h5-8,14,16,23-25,32H,4,9-13,15,29H2,1-3H3/b19-16-/t23-,24-,25-,26-,27+,28-/m0/s1. The summed E-state index contributed by atoms with van der Waals surface area (Å²) in [6.45, 7) is 6.07. The third kappa shape index (κ3) is 3.30. The molecule has 0 aromatic heterocycles. The summed E-state index contributed by atoms with van der Waals surface area (Å²) in [5.74, 6) is 1.40. The van der Waals surface area contributed by atoms with E-state index in [0.717, 1.165) is 42.7 Å². The quantitative estimate of drug-likeness (QED) is 0.442. The molecule has 1 aromatic carbocycles. The van der Waals surface area contributed by atoms with Gasteiger partial charge in [-0.25, -0.2) is 0 Å². The Balaban J connectivity index is 1.50. The van der Waals surface area contributed by atoms with Gasteiger partial charge in [0.05, 0.1) is 0 Å². The highest BCUT2D eigenvalue weighted by Crippen LogP contribution is 2.68. The lowest BCUT2D eigenvalue weighted by Crippen LogP contribution is -2.57. The van der Waals surface area contributed by atoms with E-state index in [-0.39, 0.29) is 22.4 Å². The third-order valence-corrected chi connectivity index (χ3v) is 10.9. The first kappa shape index (κ1) is 22.9. The zero-order valence-corrected chi connectivity index (χ0v) is 20.7. The number of carbonyl (C=O) groups is 2. The van der Waals surface area contributed by atoms with Crippen LogP contribution in [0.15, 0.2) is 51.8 Å². The summed E-state index contributed by atoms with van der Waals surface area (Å²) in [5.41, 5.74) is 7.44. The maximum absolute atomic E-state index is 12.7. The van der Waals surface area contributed by atoms with Gasteiger partial charge in [-0.1, -0.05) is 31.2 Å². The van der Waals surface area contributed by atoms with E-state index in [2.05, 4.69) is 19.3 Å². The molecule has 1 aromatic rings. The average molecular weight is 466 g/mol. The van der Waals surface area contributed by atoms with Crippen molar-refractivity contribution in [2.75, 3.05) is 5.73 Å². The molecule has 4 aliphatic rings. The number of thioether (sulfide) groups is 1. The molecule has 6 atom stereocenters. The van der Waals surface area contributed by atoms with E-state index in [1.54, 1.807) is 18.7 Å². The highest BCUT2D eigenvalue weighted by Gasteiger charge is 2.65. The van der Waals surface area contributed by atoms with Crippen molar-refractivity contribution in [2.45, 2.75) is 76.2 Å². The molecule has 5 heteroatoms. The molecule has 0 heterocycles. The molecule has 176 valence electrons. The van der Waals surface area contributed by atoms with Gasteiger partial charge in [-0.15, -0.1) is 0 Å². The lowest BCUT2D eigenvalue weighted by Gasteiger charge is -2.59. The zero-order valence-electron chi connectivity index (χ0n) is 19.9. The Morgan fingerprint density at radius 1 is 1.12 bits per heavy atom. The Bertz CT molecular complexity index is 1060. The summed E-state index contributed by atoms with van der Waals surface area (Å²) >= 11 is 1.67. The number of nitrogen functional groups attached to an aromatic ring is 1. The normalized spacial score (nSPS) is 41.2. The first-order chi connectivity index (χ1) is 15.6. The fraction of sp³-hybridized carbons (Fsp3) is 0.571. The van der Waals surface area contributed by atoms with Crippen LogP contribution >= 0.6 is 11.8 Å². The van der Waals surface area contributed by atoms with Gasteiger partial charge in [0.1, 0.15) is 5.60 Å². The van der Waals surface area contributed by atoms with Gasteiger partial charge >= 0.3 is 0 Å². The van der Waals surface area contributed by atoms with Crippen molar-refractivity contribution in [3.8, 4) is 0 Å². The molecule has 0 spiro atoms. The van der Waals surface area contributed by atoms with Crippen LogP contribution in [0.5, 0.6) is 0 Å². The summed E-state index contributed by atoms with van der Waals surface area (Å²) in [6.07, 6.45) is 7.73. The van der Waals surface area contributed by atoms with Crippen molar-refractivity contribution in [3.63, 3.8) is 0 Å². The van der Waals surface area contributed by atoms with Crippen molar-refractivity contribution in [1.29, 1.82) is 0 Å². The summed E-state index contributed by atoms with van der Waals surface area (Å²) < 4.78 is 0. The van der Waals surface area contributed by atoms with Gasteiger partial charge < -0.3 is 10.8 Å². The van der Waals surface area contributed by atoms with Crippen LogP contribution in [0.1, 0.15) is 65.7 Å². The SMILES string of the molecule is CC(=O)[C@@]1(O)CC[C@H]2[C@@H]3CCC4=CC(=O)C/C(=C/Sc5ccc(N)cc5)[C@]4(C)[C@H]3CC[C@@]21C. The van der Waals surface area contributed by atoms with Crippen LogP contribution < -0.4 is 5.73 Å². The third-order valence-electron chi connectivity index (χ3n) is 9.91. The number of anilines is 1. The molecule has 4 aliphatic carbocycles. The summed E-state index contributed by atoms with van der Waals surface area (Å²) in [4.78, 5) is 26.3. The second kappa shape index (κ2) is 7.84. The minimum absolute atomic E-state index is 0.0719. The van der Waals surface area contributed by atoms with E-state index in [9.17, 15) is 14.7 Å². The van der Waals surface area contributed by atoms with Crippen LogP contribution in [-0.4, -0.2) is 22.3 Å². The monoisotopic (exact) mass is 465 g/mol. The molecular weight excluding hydrogens is 430 g/mol. The van der Waals surface area contributed by atoms with Crippen LogP contribution in [0, 0.1) is 28.6 Å². The smallest absolute Gasteiger partial charge is 0.161 e. The number of hydrogen-bond acceptors (Lipinski definition) is 5. The number of Topliss-reactive ketones (excluding diaryl/α,β-unsaturated/α-hetero) is 1. The number of fused-ring (bicyclic) bond motifs is 5. The lowest BCUT2D eigenvalue weighted by molar-refractivity contribution is -0.159. The van der Waals surface area contributed by atoms with Gasteiger partial charge in [-0.05, 0) is 105 Å². The Kier molecular flexibility index (Phi) is 5.45. The molecule has 4 nitrogen and oxygen atoms in total. The van der Waals surface area contributed by atoms with E-state index in [1.165, 1.54) is 11.1 Å². The number of ketones is 2. The Morgan fingerprint density at radius 3 is 2.52 bits per heavy atom. The number of allylic oxidation sites excluding steroid dienone is 2. The van der Waals surface area contributed by atoms with Crippen molar-refractivity contribution in [3.05, 3.63) is 46.9 Å². The van der Waals surface area contributed by atoms with Gasteiger partial charge in [-0.3, -0.25) is 9.59 Å². The average Bonchev–Trinajstić information content (AvgIpc) is 3.06. The molecule has 3 N–H and O–H groups in total. The van der Waals surface area contributed by atoms with Crippen LogP contribution in [0.2, 0.25) is 0 Å². The maximum Gasteiger partial charge on any atom is 0.161 e.